The molecular weight excluding hydrogens is 236 g/mol. The van der Waals surface area contributed by atoms with Crippen molar-refractivity contribution in [2.24, 2.45) is 0 Å². The minimum atomic E-state index is -3.14. The van der Waals surface area contributed by atoms with E-state index >= 15 is 0 Å². The molecule has 0 saturated carbocycles. The molecule has 1 aliphatic rings. The molecule has 0 amide bonds. The number of hydrogen-bond acceptors (Lipinski definition) is 4. The van der Waals surface area contributed by atoms with E-state index in [2.05, 4.69) is 10.3 Å². The van der Waals surface area contributed by atoms with Gasteiger partial charge in [-0.05, 0) is 25.1 Å². The second kappa shape index (κ2) is 4.92. The molecule has 0 aliphatic carbocycles. The third-order valence-electron chi connectivity index (χ3n) is 2.43. The topological polar surface area (TPSA) is 59.1 Å². The highest BCUT2D eigenvalue weighted by Crippen LogP contribution is 2.19. The minimum Gasteiger partial charge on any atom is -0.315 e. The van der Waals surface area contributed by atoms with Crippen LogP contribution in [0.2, 0.25) is 0 Å². The van der Waals surface area contributed by atoms with Crippen LogP contribution in [0.15, 0.2) is 29.4 Å². The normalized spacial score (nSPS) is 20.9. The van der Waals surface area contributed by atoms with Gasteiger partial charge in [-0.2, -0.15) is 0 Å². The van der Waals surface area contributed by atoms with Gasteiger partial charge in [0.2, 0.25) is 0 Å². The molecule has 1 aliphatic heterocycles. The van der Waals surface area contributed by atoms with Crippen molar-refractivity contribution in [3.63, 3.8) is 0 Å². The molecule has 1 N–H and O–H groups in total. The first-order valence-electron chi connectivity index (χ1n) is 4.56. The summed E-state index contributed by atoms with van der Waals surface area (Å²) in [5.74, 6) is 0. The Morgan fingerprint density at radius 3 is 2.53 bits per heavy atom. The van der Waals surface area contributed by atoms with Crippen LogP contribution >= 0.6 is 12.4 Å². The van der Waals surface area contributed by atoms with Crippen molar-refractivity contribution in [1.82, 2.24) is 10.3 Å². The summed E-state index contributed by atoms with van der Waals surface area (Å²) >= 11 is 0. The number of halogens is 1. The summed E-state index contributed by atoms with van der Waals surface area (Å²) in [4.78, 5) is 4.18. The molecule has 4 nitrogen and oxygen atoms in total. The third-order valence-corrected chi connectivity index (χ3v) is 4.64. The van der Waals surface area contributed by atoms with Gasteiger partial charge in [-0.15, -0.1) is 12.4 Å². The van der Waals surface area contributed by atoms with Crippen LogP contribution in [0.25, 0.3) is 0 Å². The van der Waals surface area contributed by atoms with Gasteiger partial charge < -0.3 is 5.32 Å². The molecule has 0 spiro atoms. The summed E-state index contributed by atoms with van der Waals surface area (Å²) in [7, 11) is -3.14. The van der Waals surface area contributed by atoms with Gasteiger partial charge in [0.1, 0.15) is 0 Å². The molecule has 2 rings (SSSR count). The molecule has 0 radical (unpaired) electrons. The molecule has 84 valence electrons. The lowest BCUT2D eigenvalue weighted by atomic mass is 10.4. The zero-order valence-corrected chi connectivity index (χ0v) is 9.72. The summed E-state index contributed by atoms with van der Waals surface area (Å²) in [6, 6.07) is 3.10. The highest BCUT2D eigenvalue weighted by atomic mass is 35.5. The van der Waals surface area contributed by atoms with Gasteiger partial charge in [-0.1, -0.05) is 0 Å². The Kier molecular flexibility index (Phi) is 4.07. The van der Waals surface area contributed by atoms with Gasteiger partial charge in [0.25, 0.3) is 0 Å². The third kappa shape index (κ3) is 2.48. The summed E-state index contributed by atoms with van der Waals surface area (Å²) in [6.45, 7) is 1.35. The Bertz CT molecular complexity index is 401. The SMILES string of the molecule is Cl.O=S(=O)(c1ccncc1)[C@H]1CCNC1. The number of nitrogens with zero attached hydrogens (tertiary/aromatic N) is 1. The fourth-order valence-electron chi connectivity index (χ4n) is 1.61. The molecule has 1 atom stereocenters. The van der Waals surface area contributed by atoms with Crippen molar-refractivity contribution in [3.8, 4) is 0 Å². The zero-order chi connectivity index (χ0) is 10.0. The molecule has 1 aromatic heterocycles. The van der Waals surface area contributed by atoms with Crippen LogP contribution in [0.4, 0.5) is 0 Å². The minimum absolute atomic E-state index is 0. The predicted octanol–water partition coefficient (Wildman–Crippen LogP) is 0.639. The van der Waals surface area contributed by atoms with Crippen molar-refractivity contribution >= 4 is 22.2 Å². The summed E-state index contributed by atoms with van der Waals surface area (Å²) in [5, 5.41) is 2.78. The summed E-state index contributed by atoms with van der Waals surface area (Å²) in [5.41, 5.74) is 0. The van der Waals surface area contributed by atoms with E-state index in [4.69, 9.17) is 0 Å². The van der Waals surface area contributed by atoms with E-state index in [-0.39, 0.29) is 17.7 Å². The number of hydrogen-bond donors (Lipinski definition) is 1. The Balaban J connectivity index is 0.00000112. The molecule has 15 heavy (non-hydrogen) atoms. The van der Waals surface area contributed by atoms with Crippen LogP contribution in [0, 0.1) is 0 Å². The van der Waals surface area contributed by atoms with E-state index in [1.807, 2.05) is 0 Å². The second-order valence-corrected chi connectivity index (χ2v) is 5.57. The Morgan fingerprint density at radius 1 is 1.33 bits per heavy atom. The largest absolute Gasteiger partial charge is 0.315 e. The Morgan fingerprint density at radius 2 is 2.00 bits per heavy atom. The first kappa shape index (κ1) is 12.4. The lowest BCUT2D eigenvalue weighted by Gasteiger charge is -2.09. The van der Waals surface area contributed by atoms with Crippen molar-refractivity contribution in [1.29, 1.82) is 0 Å². The highest BCUT2D eigenvalue weighted by Gasteiger charge is 2.29. The second-order valence-electron chi connectivity index (χ2n) is 3.34. The van der Waals surface area contributed by atoms with Gasteiger partial charge in [-0.3, -0.25) is 4.98 Å². The maximum absolute atomic E-state index is 12.0. The van der Waals surface area contributed by atoms with E-state index in [9.17, 15) is 8.42 Å². The predicted molar refractivity (Wildman–Crippen MR) is 59.9 cm³/mol. The quantitative estimate of drug-likeness (QED) is 0.835. The number of pyridine rings is 1. The van der Waals surface area contributed by atoms with Crippen LogP contribution in [0.1, 0.15) is 6.42 Å². The van der Waals surface area contributed by atoms with E-state index < -0.39 is 9.84 Å². The number of nitrogens with one attached hydrogen (secondary N) is 1. The van der Waals surface area contributed by atoms with Crippen LogP contribution in [0.3, 0.4) is 0 Å². The fraction of sp³-hybridized carbons (Fsp3) is 0.444. The van der Waals surface area contributed by atoms with Crippen molar-refractivity contribution in [3.05, 3.63) is 24.5 Å². The first-order chi connectivity index (χ1) is 6.71. The van der Waals surface area contributed by atoms with E-state index in [1.54, 1.807) is 12.1 Å². The average Bonchev–Trinajstić information content (AvgIpc) is 2.72. The van der Waals surface area contributed by atoms with Crippen LogP contribution in [-0.2, 0) is 9.84 Å². The number of rotatable bonds is 2. The van der Waals surface area contributed by atoms with Gasteiger partial charge >= 0.3 is 0 Å². The number of sulfone groups is 1. The molecule has 1 saturated heterocycles. The molecule has 0 aromatic carbocycles. The maximum Gasteiger partial charge on any atom is 0.182 e. The maximum atomic E-state index is 12.0. The number of aromatic nitrogens is 1. The molecule has 1 aromatic rings. The summed E-state index contributed by atoms with van der Waals surface area (Å²) in [6.07, 6.45) is 3.72. The lowest BCUT2D eigenvalue weighted by Crippen LogP contribution is -2.23. The van der Waals surface area contributed by atoms with Gasteiger partial charge in [0, 0.05) is 18.9 Å². The fourth-order valence-corrected chi connectivity index (χ4v) is 3.26. The van der Waals surface area contributed by atoms with Crippen LogP contribution < -0.4 is 5.32 Å². The van der Waals surface area contributed by atoms with Crippen molar-refractivity contribution < 1.29 is 8.42 Å². The van der Waals surface area contributed by atoms with Crippen molar-refractivity contribution in [2.45, 2.75) is 16.6 Å². The molecule has 0 unspecified atom stereocenters. The lowest BCUT2D eigenvalue weighted by molar-refractivity contribution is 0.583. The Hall–Kier alpha value is -0.650. The molecule has 1 fully saturated rings. The van der Waals surface area contributed by atoms with Gasteiger partial charge in [0.05, 0.1) is 10.1 Å². The molecule has 6 heteroatoms. The average molecular weight is 249 g/mol. The van der Waals surface area contributed by atoms with Gasteiger partial charge in [-0.25, -0.2) is 8.42 Å². The molecular formula is C9H13ClN2O2S. The standard InChI is InChI=1S/C9H12N2O2S.ClH/c12-14(13,9-3-6-11-7-9)8-1-4-10-5-2-8;/h1-2,4-5,9,11H,3,6-7H2;1H/t9-;/m0./s1. The smallest absolute Gasteiger partial charge is 0.182 e. The first-order valence-corrected chi connectivity index (χ1v) is 6.10. The molecule has 2 heterocycles. The molecule has 0 bridgehead atoms. The van der Waals surface area contributed by atoms with Crippen LogP contribution in [-0.4, -0.2) is 31.7 Å². The van der Waals surface area contributed by atoms with Crippen molar-refractivity contribution in [2.75, 3.05) is 13.1 Å². The highest BCUT2D eigenvalue weighted by molar-refractivity contribution is 7.92. The summed E-state index contributed by atoms with van der Waals surface area (Å²) < 4.78 is 23.9. The van der Waals surface area contributed by atoms with E-state index in [1.165, 1.54) is 12.4 Å². The monoisotopic (exact) mass is 248 g/mol. The van der Waals surface area contributed by atoms with Crippen LogP contribution in [0.5, 0.6) is 0 Å². The Labute approximate surface area is 95.4 Å². The zero-order valence-electron chi connectivity index (χ0n) is 8.09. The van der Waals surface area contributed by atoms with E-state index in [0.717, 1.165) is 6.54 Å². The van der Waals surface area contributed by atoms with Gasteiger partial charge in [0.15, 0.2) is 9.84 Å². The van der Waals surface area contributed by atoms with E-state index in [0.29, 0.717) is 17.9 Å².